The van der Waals surface area contributed by atoms with Crippen LogP contribution < -0.4 is 0 Å². The second-order valence-electron chi connectivity index (χ2n) is 0.418. The second-order valence-corrected chi connectivity index (χ2v) is 1.25. The van der Waals surface area contributed by atoms with Crippen LogP contribution in [-0.4, -0.2) is 18.9 Å². The smallest absolute Gasteiger partial charge is 0.317 e. The Hall–Kier alpha value is 0.455. The van der Waals surface area contributed by atoms with Crippen molar-refractivity contribution in [2.75, 3.05) is 6.66 Å². The summed E-state index contributed by atoms with van der Waals surface area (Å²) in [6.07, 6.45) is 0. The van der Waals surface area contributed by atoms with Crippen LogP contribution in [-0.2, 0) is 0 Å². The number of rotatable bonds is 1. The molecule has 0 spiro atoms. The Morgan fingerprint density at radius 2 is 2.25 bits per heavy atom. The molecule has 0 aliphatic heterocycles. The van der Waals surface area contributed by atoms with Gasteiger partial charge in [0.15, 0.2) is 0 Å². The zero-order valence-electron chi connectivity index (χ0n) is 2.52. The van der Waals surface area contributed by atoms with E-state index in [0.717, 1.165) is 7.20 Å². The summed E-state index contributed by atoms with van der Waals surface area (Å²) in [6.45, 7) is 1.90. The first-order chi connectivity index (χ1) is 1.91. The summed E-state index contributed by atoms with van der Waals surface area (Å²) in [6, 6.07) is 0. The van der Waals surface area contributed by atoms with E-state index in [1.165, 1.54) is 0 Å². The molecule has 0 aromatic carbocycles. The summed E-state index contributed by atoms with van der Waals surface area (Å²) in [4.78, 5) is 0. The lowest BCUT2D eigenvalue weighted by atomic mass is 10.6. The van der Waals surface area contributed by atoms with E-state index < -0.39 is 0 Å². The van der Waals surface area contributed by atoms with Gasteiger partial charge in [0.25, 0.3) is 0 Å². The Labute approximate surface area is 28.4 Å². The Morgan fingerprint density at radius 3 is 2.25 bits per heavy atom. The van der Waals surface area contributed by atoms with Gasteiger partial charge in [-0.15, -0.1) is 8.46 Å². The Morgan fingerprint density at radius 1 is 2.00 bits per heavy atom. The maximum atomic E-state index is 7.76. The van der Waals surface area contributed by atoms with E-state index in [-0.39, 0.29) is 0 Å². The van der Waals surface area contributed by atoms with Gasteiger partial charge >= 0.3 is 7.20 Å². The predicted molar refractivity (Wildman–Crippen MR) is 22.2 cm³/mol. The molecule has 0 amide bonds. The Bertz CT molecular complexity index is 10.0. The van der Waals surface area contributed by atoms with Gasteiger partial charge in [-0.3, -0.25) is 0 Å². The maximum absolute atomic E-state index is 7.76. The minimum atomic E-state index is 0.571. The molecule has 0 bridgehead atoms. The van der Waals surface area contributed by atoms with Crippen molar-refractivity contribution < 1.29 is 5.02 Å². The Balaban J connectivity index is 1.97. The fraction of sp³-hybridized carbons (Fsp3) is 1.00. The average Bonchev–Trinajstić information content (AvgIpc) is 1.37. The molecule has 0 saturated carbocycles. The van der Waals surface area contributed by atoms with Crippen LogP contribution in [0, 0.1) is 0 Å². The molecule has 0 aromatic heterocycles. The fourth-order valence-corrected chi connectivity index (χ4v) is 0. The highest BCUT2D eigenvalue weighted by Gasteiger charge is 1.64. The fourth-order valence-electron chi connectivity index (χ4n) is 0. The van der Waals surface area contributed by atoms with Crippen LogP contribution in [0.25, 0.3) is 0 Å². The van der Waals surface area contributed by atoms with Crippen LogP contribution in [0.15, 0.2) is 0 Å². The molecule has 0 saturated heterocycles. The quantitative estimate of drug-likeness (QED) is 0.338. The third-order valence-corrected chi connectivity index (χ3v) is 0.387. The summed E-state index contributed by atoms with van der Waals surface area (Å²) < 4.78 is 0. The summed E-state index contributed by atoms with van der Waals surface area (Å²) in [7, 11) is 1.72. The molecule has 0 aliphatic rings. The summed E-state index contributed by atoms with van der Waals surface area (Å²) in [5.74, 6) is 0. The Kier molecular flexibility index (Phi) is 3.85. The van der Waals surface area contributed by atoms with Crippen molar-refractivity contribution in [2.24, 2.45) is 0 Å². The van der Waals surface area contributed by atoms with Crippen molar-refractivity contribution in [1.29, 1.82) is 0 Å². The molecular weight excluding hydrogens is 69.8 g/mol. The minimum Gasteiger partial charge on any atom is -0.450 e. The lowest BCUT2D eigenvalue weighted by molar-refractivity contribution is 0.622. The lowest BCUT2D eigenvalue weighted by Crippen LogP contribution is -1.66. The van der Waals surface area contributed by atoms with Gasteiger partial charge in [0.05, 0.1) is 0 Å². The molecule has 0 rings (SSSR count). The van der Waals surface area contributed by atoms with Crippen LogP contribution in [0.1, 0.15) is 0 Å². The van der Waals surface area contributed by atoms with E-state index >= 15 is 0 Å². The molecule has 1 unspecified atom stereocenters. The SMILES string of the molecule is CP[B]O. The molecule has 1 radical (unpaired) electrons. The third-order valence-electron chi connectivity index (χ3n) is 0.129. The zero-order valence-corrected chi connectivity index (χ0v) is 3.52. The van der Waals surface area contributed by atoms with Crippen LogP contribution in [0.5, 0.6) is 0 Å². The van der Waals surface area contributed by atoms with Crippen LogP contribution in [0.2, 0.25) is 0 Å². The second kappa shape index (κ2) is 3.45. The molecular formula is CH5BOP. The normalized spacial score (nSPS) is 9.50. The molecule has 23 valence electrons. The van der Waals surface area contributed by atoms with Gasteiger partial charge in [0.2, 0.25) is 0 Å². The van der Waals surface area contributed by atoms with Gasteiger partial charge in [-0.2, -0.15) is 0 Å². The first-order valence-electron chi connectivity index (χ1n) is 1.05. The van der Waals surface area contributed by atoms with E-state index in [1.54, 1.807) is 0 Å². The van der Waals surface area contributed by atoms with Crippen molar-refractivity contribution in [3.63, 3.8) is 0 Å². The van der Waals surface area contributed by atoms with Gasteiger partial charge in [-0.05, 0) is 0 Å². The monoisotopic (exact) mass is 75.0 g/mol. The molecule has 1 N–H and O–H groups in total. The highest BCUT2D eigenvalue weighted by atomic mass is 31.1. The van der Waals surface area contributed by atoms with Crippen molar-refractivity contribution in [2.45, 2.75) is 0 Å². The molecule has 0 aromatic rings. The van der Waals surface area contributed by atoms with E-state index in [0.29, 0.717) is 8.46 Å². The van der Waals surface area contributed by atoms with E-state index in [4.69, 9.17) is 5.02 Å². The largest absolute Gasteiger partial charge is 0.450 e. The maximum Gasteiger partial charge on any atom is 0.317 e. The van der Waals surface area contributed by atoms with Crippen LogP contribution in [0.4, 0.5) is 0 Å². The minimum absolute atomic E-state index is 0.571. The van der Waals surface area contributed by atoms with Crippen molar-refractivity contribution in [1.82, 2.24) is 0 Å². The van der Waals surface area contributed by atoms with Gasteiger partial charge < -0.3 is 5.02 Å². The first-order valence-corrected chi connectivity index (χ1v) is 2.62. The van der Waals surface area contributed by atoms with Gasteiger partial charge in [-0.25, -0.2) is 0 Å². The molecule has 3 heteroatoms. The standard InChI is InChI=1S/CH5BOP/c1-4-2-3/h3-4H,1H3. The van der Waals surface area contributed by atoms with E-state index in [2.05, 4.69) is 0 Å². The highest BCUT2D eigenvalue weighted by Crippen LogP contribution is 1.89. The summed E-state index contributed by atoms with van der Waals surface area (Å²) in [5.41, 5.74) is 0. The van der Waals surface area contributed by atoms with Gasteiger partial charge in [0, 0.05) is 0 Å². The van der Waals surface area contributed by atoms with Crippen LogP contribution >= 0.6 is 8.46 Å². The van der Waals surface area contributed by atoms with Gasteiger partial charge in [0.1, 0.15) is 0 Å². The average molecular weight is 74.8 g/mol. The van der Waals surface area contributed by atoms with Crippen molar-refractivity contribution in [3.8, 4) is 0 Å². The molecule has 0 fully saturated rings. The topological polar surface area (TPSA) is 20.2 Å². The highest BCUT2D eigenvalue weighted by molar-refractivity contribution is 7.68. The molecule has 0 heterocycles. The lowest BCUT2D eigenvalue weighted by Gasteiger charge is -1.65. The van der Waals surface area contributed by atoms with E-state index in [9.17, 15) is 0 Å². The summed E-state index contributed by atoms with van der Waals surface area (Å²) >= 11 is 0. The van der Waals surface area contributed by atoms with Gasteiger partial charge in [-0.1, -0.05) is 6.66 Å². The van der Waals surface area contributed by atoms with Crippen LogP contribution in [0.3, 0.4) is 0 Å². The van der Waals surface area contributed by atoms with Crippen molar-refractivity contribution in [3.05, 3.63) is 0 Å². The first kappa shape index (κ1) is 4.45. The van der Waals surface area contributed by atoms with E-state index in [1.807, 2.05) is 6.66 Å². The number of hydrogen-bond donors (Lipinski definition) is 1. The predicted octanol–water partition coefficient (Wildman–Crippen LogP) is -0.179. The molecule has 1 nitrogen and oxygen atoms in total. The van der Waals surface area contributed by atoms with Crippen molar-refractivity contribution >= 4 is 15.7 Å². The molecule has 1 atom stereocenters. The summed E-state index contributed by atoms with van der Waals surface area (Å²) in [5, 5.41) is 7.76. The molecule has 4 heavy (non-hydrogen) atoms. The number of hydrogen-bond acceptors (Lipinski definition) is 1. The molecule has 0 aliphatic carbocycles. The zero-order chi connectivity index (χ0) is 3.41. The third kappa shape index (κ3) is 2.45.